The van der Waals surface area contributed by atoms with Gasteiger partial charge in [-0.15, -0.1) is 0 Å². The first-order valence-electron chi connectivity index (χ1n) is 11.5. The van der Waals surface area contributed by atoms with Crippen LogP contribution in [0.3, 0.4) is 0 Å². The molecule has 0 aliphatic heterocycles. The summed E-state index contributed by atoms with van der Waals surface area (Å²) in [4.78, 5) is 10.6. The highest BCUT2D eigenvalue weighted by Gasteiger charge is 2.08. The zero-order chi connectivity index (χ0) is 24.0. The number of carboxylic acid groups (broad SMARTS) is 1. The maximum Gasteiger partial charge on any atom is 0.306 e. The third-order valence-corrected chi connectivity index (χ3v) is 3.90. The van der Waals surface area contributed by atoms with Crippen LogP contribution in [0.15, 0.2) is 48.6 Å². The molecule has 1 atom stereocenters. The normalized spacial score (nSPS) is 12.2. The summed E-state index contributed by atoms with van der Waals surface area (Å²) in [5, 5.41) is 24.3. The summed E-state index contributed by atoms with van der Waals surface area (Å²) in [7, 11) is 0. The zero-order valence-corrected chi connectivity index (χ0v) is 19.8. The molecule has 31 heavy (non-hydrogen) atoms. The highest BCUT2D eigenvalue weighted by atomic mass is 16.4. The maximum absolute atomic E-state index is 10.6. The summed E-state index contributed by atoms with van der Waals surface area (Å²) in [5.41, 5.74) is 9.56. The van der Waals surface area contributed by atoms with Crippen LogP contribution in [0.4, 0.5) is 0 Å². The van der Waals surface area contributed by atoms with Gasteiger partial charge in [-0.25, -0.2) is 0 Å². The van der Waals surface area contributed by atoms with Crippen LogP contribution in [-0.2, 0) is 4.79 Å². The molecular formula is C25H48N2O4. The van der Waals surface area contributed by atoms with E-state index in [1.54, 1.807) is 6.92 Å². The van der Waals surface area contributed by atoms with E-state index in [-0.39, 0.29) is 19.1 Å². The quantitative estimate of drug-likeness (QED) is 0.179. The molecule has 0 aromatic rings. The molecule has 0 saturated carbocycles. The third-order valence-electron chi connectivity index (χ3n) is 3.90. The number of carboxylic acids is 1. The lowest BCUT2D eigenvalue weighted by Gasteiger charge is -2.01. The van der Waals surface area contributed by atoms with Crippen LogP contribution in [0.25, 0.3) is 0 Å². The van der Waals surface area contributed by atoms with E-state index in [1.807, 2.05) is 0 Å². The van der Waals surface area contributed by atoms with Gasteiger partial charge in [-0.1, -0.05) is 75.3 Å². The topological polar surface area (TPSA) is 130 Å². The van der Waals surface area contributed by atoms with Crippen LogP contribution in [0, 0.1) is 5.92 Å². The number of aliphatic carboxylic acids is 1. The summed E-state index contributed by atoms with van der Waals surface area (Å²) in [5.74, 6) is -0.957. The number of rotatable bonds is 16. The van der Waals surface area contributed by atoms with Gasteiger partial charge in [0, 0.05) is 13.1 Å². The molecule has 0 aromatic carbocycles. The second kappa shape index (κ2) is 32.9. The van der Waals surface area contributed by atoms with E-state index in [0.29, 0.717) is 19.5 Å². The van der Waals surface area contributed by atoms with Gasteiger partial charge in [-0.05, 0) is 44.9 Å². The third kappa shape index (κ3) is 39.3. The van der Waals surface area contributed by atoms with E-state index < -0.39 is 5.97 Å². The molecule has 0 bridgehead atoms. The van der Waals surface area contributed by atoms with Gasteiger partial charge < -0.3 is 26.8 Å². The minimum absolute atomic E-state index is 0.0972. The molecule has 0 saturated heterocycles. The molecular weight excluding hydrogens is 392 g/mol. The molecule has 0 aliphatic rings. The molecule has 0 aliphatic carbocycles. The van der Waals surface area contributed by atoms with Crippen molar-refractivity contribution in [3.63, 3.8) is 0 Å². The number of unbranched alkanes of at least 4 members (excludes halogenated alkanes) is 3. The molecule has 0 fully saturated rings. The highest BCUT2D eigenvalue weighted by molar-refractivity contribution is 5.69. The monoisotopic (exact) mass is 440 g/mol. The Morgan fingerprint density at radius 3 is 1.52 bits per heavy atom. The van der Waals surface area contributed by atoms with Crippen molar-refractivity contribution >= 4 is 5.97 Å². The Morgan fingerprint density at radius 2 is 1.16 bits per heavy atom. The second-order valence-corrected chi connectivity index (χ2v) is 6.93. The Bertz CT molecular complexity index is 452. The smallest absolute Gasteiger partial charge is 0.306 e. The number of hydrogen-bond acceptors (Lipinski definition) is 5. The van der Waals surface area contributed by atoms with E-state index in [4.69, 9.17) is 26.8 Å². The summed E-state index contributed by atoms with van der Waals surface area (Å²) in [6.45, 7) is 4.93. The molecule has 1 unspecified atom stereocenters. The number of carbonyl (C=O) groups is 1. The zero-order valence-electron chi connectivity index (χ0n) is 19.8. The lowest BCUT2D eigenvalue weighted by molar-refractivity contribution is -0.141. The van der Waals surface area contributed by atoms with Gasteiger partial charge in [0.25, 0.3) is 0 Å². The van der Waals surface area contributed by atoms with Crippen molar-refractivity contribution < 1.29 is 20.1 Å². The standard InChI is InChI=1S/C21H34O2.2C2H7NO/c1-3-4-5-6-7-8-9-10-11-12-13-14-15-16-17-18-19-20(2)21(22)23;2*3-1-2-4/h7-8,10-11,13-14,16-17,20H,3-6,9,12,15,18-19H2,1-2H3,(H,22,23);2*4H,1-3H2/b8-7-,11-10-,14-13-,17-16-;;. The minimum Gasteiger partial charge on any atom is -0.481 e. The van der Waals surface area contributed by atoms with Crippen LogP contribution >= 0.6 is 0 Å². The Hall–Kier alpha value is -1.73. The van der Waals surface area contributed by atoms with Crippen molar-refractivity contribution in [3.8, 4) is 0 Å². The van der Waals surface area contributed by atoms with E-state index in [9.17, 15) is 4.79 Å². The molecule has 0 heterocycles. The van der Waals surface area contributed by atoms with Gasteiger partial charge in [0.05, 0.1) is 19.1 Å². The van der Waals surface area contributed by atoms with Crippen molar-refractivity contribution in [2.75, 3.05) is 26.3 Å². The van der Waals surface area contributed by atoms with Gasteiger partial charge in [-0.2, -0.15) is 0 Å². The maximum atomic E-state index is 10.6. The highest BCUT2D eigenvalue weighted by Crippen LogP contribution is 2.06. The van der Waals surface area contributed by atoms with Crippen molar-refractivity contribution in [1.82, 2.24) is 0 Å². The summed E-state index contributed by atoms with van der Waals surface area (Å²) in [6, 6.07) is 0. The average Bonchev–Trinajstić information content (AvgIpc) is 2.78. The molecule has 7 N–H and O–H groups in total. The predicted molar refractivity (Wildman–Crippen MR) is 133 cm³/mol. The van der Waals surface area contributed by atoms with E-state index >= 15 is 0 Å². The minimum atomic E-state index is -0.708. The molecule has 0 radical (unpaired) electrons. The molecule has 0 amide bonds. The fourth-order valence-electron chi connectivity index (χ4n) is 2.03. The first-order valence-corrected chi connectivity index (χ1v) is 11.5. The van der Waals surface area contributed by atoms with E-state index in [1.165, 1.54) is 25.7 Å². The van der Waals surface area contributed by atoms with Gasteiger partial charge >= 0.3 is 5.97 Å². The molecule has 6 nitrogen and oxygen atoms in total. The summed E-state index contributed by atoms with van der Waals surface area (Å²) >= 11 is 0. The van der Waals surface area contributed by atoms with Gasteiger partial charge in [0.15, 0.2) is 0 Å². The molecule has 0 rings (SSSR count). The first kappa shape index (κ1) is 33.9. The Morgan fingerprint density at radius 1 is 0.774 bits per heavy atom. The number of nitrogens with two attached hydrogens (primary N) is 2. The largest absolute Gasteiger partial charge is 0.481 e. The Balaban J connectivity index is -0.000000832. The van der Waals surface area contributed by atoms with Gasteiger partial charge in [0.2, 0.25) is 0 Å². The fourth-order valence-corrected chi connectivity index (χ4v) is 2.03. The van der Waals surface area contributed by atoms with Crippen molar-refractivity contribution in [3.05, 3.63) is 48.6 Å². The lowest BCUT2D eigenvalue weighted by Crippen LogP contribution is -2.08. The molecule has 182 valence electrons. The Labute approximate surface area is 190 Å². The molecule has 0 spiro atoms. The number of aliphatic hydroxyl groups is 2. The van der Waals surface area contributed by atoms with E-state index in [2.05, 4.69) is 55.5 Å². The van der Waals surface area contributed by atoms with Gasteiger partial charge in [-0.3, -0.25) is 4.79 Å². The second-order valence-electron chi connectivity index (χ2n) is 6.93. The first-order chi connectivity index (χ1) is 15.0. The number of hydrogen-bond donors (Lipinski definition) is 5. The Kier molecular flexibility index (Phi) is 36.0. The summed E-state index contributed by atoms with van der Waals surface area (Å²) < 4.78 is 0. The van der Waals surface area contributed by atoms with Crippen molar-refractivity contribution in [2.24, 2.45) is 17.4 Å². The van der Waals surface area contributed by atoms with Crippen molar-refractivity contribution in [2.45, 2.75) is 71.6 Å². The number of allylic oxidation sites excluding steroid dienone is 8. The predicted octanol–water partition coefficient (Wildman–Crippen LogP) is 4.34. The van der Waals surface area contributed by atoms with Gasteiger partial charge in [0.1, 0.15) is 0 Å². The van der Waals surface area contributed by atoms with Crippen LogP contribution < -0.4 is 11.5 Å². The van der Waals surface area contributed by atoms with Crippen LogP contribution in [0.5, 0.6) is 0 Å². The lowest BCUT2D eigenvalue weighted by atomic mass is 10.1. The molecule has 6 heteroatoms. The number of aliphatic hydroxyl groups excluding tert-OH is 2. The van der Waals surface area contributed by atoms with Crippen LogP contribution in [0.2, 0.25) is 0 Å². The summed E-state index contributed by atoms with van der Waals surface area (Å²) in [6.07, 6.45) is 27.1. The van der Waals surface area contributed by atoms with E-state index in [0.717, 1.165) is 25.7 Å². The SMILES string of the molecule is CCCCC/C=C\C/C=C\C/C=C\C/C=C\CCC(C)C(=O)O.NCCO.NCCO. The average molecular weight is 441 g/mol. The van der Waals surface area contributed by atoms with Crippen LogP contribution in [0.1, 0.15) is 71.6 Å². The van der Waals surface area contributed by atoms with Crippen LogP contribution in [-0.4, -0.2) is 47.6 Å². The molecule has 0 aromatic heterocycles. The van der Waals surface area contributed by atoms with Crippen molar-refractivity contribution in [1.29, 1.82) is 0 Å². The fraction of sp³-hybridized carbons (Fsp3) is 0.640.